The van der Waals surface area contributed by atoms with Crippen molar-refractivity contribution in [1.29, 1.82) is 0 Å². The van der Waals surface area contributed by atoms with Crippen LogP contribution in [0.4, 0.5) is 5.95 Å². The summed E-state index contributed by atoms with van der Waals surface area (Å²) in [5.41, 5.74) is -0.506. The Morgan fingerprint density at radius 3 is 2.62 bits per heavy atom. The number of nitrogens with zero attached hydrogens (tertiary/aromatic N) is 5. The van der Waals surface area contributed by atoms with E-state index in [2.05, 4.69) is 15.3 Å². The van der Waals surface area contributed by atoms with Crippen molar-refractivity contribution >= 4 is 50.1 Å². The third-order valence-corrected chi connectivity index (χ3v) is 7.93. The predicted molar refractivity (Wildman–Crippen MR) is 123 cm³/mol. The number of sulfone groups is 1. The minimum atomic E-state index is -2.97. The maximum atomic E-state index is 12.5. The topological polar surface area (TPSA) is 138 Å². The van der Waals surface area contributed by atoms with Gasteiger partial charge in [-0.3, -0.25) is 4.79 Å². The van der Waals surface area contributed by atoms with E-state index < -0.39 is 21.2 Å². The second-order valence-electron chi connectivity index (χ2n) is 7.89. The predicted octanol–water partition coefficient (Wildman–Crippen LogP) is -0.307. The van der Waals surface area contributed by atoms with E-state index in [1.807, 2.05) is 16.7 Å². The molecule has 2 aromatic rings. The molecule has 11 nitrogen and oxygen atoms in total. The van der Waals surface area contributed by atoms with E-state index in [4.69, 9.17) is 12.2 Å². The van der Waals surface area contributed by atoms with Crippen LogP contribution in [0.1, 0.15) is 23.7 Å². The average molecular weight is 481 g/mol. The maximum Gasteiger partial charge on any atom is 0.341 e. The zero-order valence-electron chi connectivity index (χ0n) is 17.5. The van der Waals surface area contributed by atoms with Gasteiger partial charge < -0.3 is 24.8 Å². The van der Waals surface area contributed by atoms with Crippen LogP contribution in [-0.2, 0) is 16.4 Å². The SMILES string of the molecule is CCn1cc(C(=O)O)c(=O)c2cnc(N3CCN(C(=S)N[C@H]4CCS(=O)(=O)C4)CC3)nc21. The number of pyridine rings is 1. The number of carboxylic acids is 1. The molecule has 0 amide bonds. The number of anilines is 1. The van der Waals surface area contributed by atoms with Gasteiger partial charge in [0.25, 0.3) is 0 Å². The van der Waals surface area contributed by atoms with Crippen LogP contribution in [-0.4, -0.2) is 87.8 Å². The summed E-state index contributed by atoms with van der Waals surface area (Å²) in [6.07, 6.45) is 3.27. The molecule has 2 fully saturated rings. The van der Waals surface area contributed by atoms with Gasteiger partial charge in [0, 0.05) is 51.2 Å². The van der Waals surface area contributed by atoms with E-state index in [9.17, 15) is 23.1 Å². The number of fused-ring (bicyclic) bond motifs is 1. The number of aryl methyl sites for hydroxylation is 1. The Kier molecular flexibility index (Phi) is 6.03. The first-order valence-electron chi connectivity index (χ1n) is 10.3. The molecule has 0 saturated carbocycles. The summed E-state index contributed by atoms with van der Waals surface area (Å²) in [5, 5.41) is 13.2. The van der Waals surface area contributed by atoms with E-state index in [1.165, 1.54) is 12.4 Å². The Bertz CT molecular complexity index is 1240. The Balaban J connectivity index is 1.47. The second kappa shape index (κ2) is 8.62. The average Bonchev–Trinajstić information content (AvgIpc) is 3.11. The molecule has 13 heteroatoms. The molecule has 32 heavy (non-hydrogen) atoms. The molecule has 2 aromatic heterocycles. The van der Waals surface area contributed by atoms with E-state index >= 15 is 0 Å². The highest BCUT2D eigenvalue weighted by molar-refractivity contribution is 7.91. The molecule has 2 saturated heterocycles. The van der Waals surface area contributed by atoms with Crippen LogP contribution in [0.25, 0.3) is 11.0 Å². The van der Waals surface area contributed by atoms with Crippen LogP contribution in [0.15, 0.2) is 17.2 Å². The summed E-state index contributed by atoms with van der Waals surface area (Å²) in [4.78, 5) is 36.7. The molecule has 4 rings (SSSR count). The van der Waals surface area contributed by atoms with Gasteiger partial charge in [-0.2, -0.15) is 4.98 Å². The van der Waals surface area contributed by atoms with Crippen molar-refractivity contribution in [2.75, 3.05) is 42.6 Å². The maximum absolute atomic E-state index is 12.5. The largest absolute Gasteiger partial charge is 0.477 e. The first-order valence-corrected chi connectivity index (χ1v) is 12.6. The number of piperazine rings is 1. The van der Waals surface area contributed by atoms with E-state index in [0.717, 1.165) is 0 Å². The number of aromatic nitrogens is 3. The summed E-state index contributed by atoms with van der Waals surface area (Å²) < 4.78 is 24.9. The normalized spacial score (nSPS) is 20.5. The lowest BCUT2D eigenvalue weighted by Gasteiger charge is -2.36. The number of aromatic carboxylic acids is 1. The molecule has 2 aliphatic heterocycles. The lowest BCUT2D eigenvalue weighted by molar-refractivity contribution is 0.0695. The number of rotatable bonds is 4. The van der Waals surface area contributed by atoms with Gasteiger partial charge in [-0.15, -0.1) is 0 Å². The Morgan fingerprint density at radius 1 is 1.31 bits per heavy atom. The summed E-state index contributed by atoms with van der Waals surface area (Å²) in [7, 11) is -2.97. The Morgan fingerprint density at radius 2 is 2.03 bits per heavy atom. The van der Waals surface area contributed by atoms with Crippen molar-refractivity contribution in [3.63, 3.8) is 0 Å². The molecule has 0 bridgehead atoms. The first-order chi connectivity index (χ1) is 15.2. The third-order valence-electron chi connectivity index (χ3n) is 5.78. The molecular weight excluding hydrogens is 456 g/mol. The number of hydrogen-bond acceptors (Lipinski definition) is 8. The van der Waals surface area contributed by atoms with Crippen LogP contribution >= 0.6 is 12.2 Å². The highest BCUT2D eigenvalue weighted by Crippen LogP contribution is 2.17. The van der Waals surface area contributed by atoms with Gasteiger partial charge in [0.15, 0.2) is 14.9 Å². The molecule has 1 atom stereocenters. The number of carbonyl (C=O) groups is 1. The van der Waals surface area contributed by atoms with Gasteiger partial charge in [0.2, 0.25) is 11.4 Å². The summed E-state index contributed by atoms with van der Waals surface area (Å²) in [5.74, 6) is -0.514. The molecule has 0 unspecified atom stereocenters. The molecule has 4 heterocycles. The van der Waals surface area contributed by atoms with Gasteiger partial charge in [-0.25, -0.2) is 18.2 Å². The molecule has 0 aliphatic carbocycles. The molecule has 2 aliphatic rings. The van der Waals surface area contributed by atoms with Gasteiger partial charge in [0.1, 0.15) is 11.2 Å². The number of nitrogens with one attached hydrogen (secondary N) is 1. The molecule has 0 radical (unpaired) electrons. The van der Waals surface area contributed by atoms with Crippen molar-refractivity contribution in [3.05, 3.63) is 28.2 Å². The summed E-state index contributed by atoms with van der Waals surface area (Å²) in [6, 6.07) is -0.143. The third kappa shape index (κ3) is 4.39. The van der Waals surface area contributed by atoms with Crippen molar-refractivity contribution in [3.8, 4) is 0 Å². The second-order valence-corrected chi connectivity index (χ2v) is 10.5. The quantitative estimate of drug-likeness (QED) is 0.558. The lowest BCUT2D eigenvalue weighted by Crippen LogP contribution is -2.53. The fourth-order valence-corrected chi connectivity index (χ4v) is 6.02. The Hall–Kier alpha value is -2.80. The van der Waals surface area contributed by atoms with Crippen LogP contribution < -0.4 is 15.6 Å². The lowest BCUT2D eigenvalue weighted by atomic mass is 10.2. The highest BCUT2D eigenvalue weighted by atomic mass is 32.2. The van der Waals surface area contributed by atoms with Crippen LogP contribution in [0.5, 0.6) is 0 Å². The monoisotopic (exact) mass is 480 g/mol. The molecule has 2 N–H and O–H groups in total. The number of carboxylic acid groups (broad SMARTS) is 1. The zero-order valence-corrected chi connectivity index (χ0v) is 19.2. The van der Waals surface area contributed by atoms with Crippen molar-refractivity contribution in [2.24, 2.45) is 0 Å². The van der Waals surface area contributed by atoms with Crippen molar-refractivity contribution in [1.82, 2.24) is 24.8 Å². The fourth-order valence-electron chi connectivity index (χ4n) is 3.99. The van der Waals surface area contributed by atoms with Crippen LogP contribution in [0.2, 0.25) is 0 Å². The van der Waals surface area contributed by atoms with Crippen LogP contribution in [0.3, 0.4) is 0 Å². The zero-order chi connectivity index (χ0) is 23.0. The molecular formula is C19H24N6O5S2. The van der Waals surface area contributed by atoms with E-state index in [-0.39, 0.29) is 28.5 Å². The van der Waals surface area contributed by atoms with E-state index in [1.54, 1.807) is 4.57 Å². The first kappa shape index (κ1) is 22.4. The summed E-state index contributed by atoms with van der Waals surface area (Å²) >= 11 is 5.47. The fraction of sp³-hybridized carbons (Fsp3) is 0.526. The van der Waals surface area contributed by atoms with Crippen LogP contribution in [0, 0.1) is 0 Å². The number of thiocarbonyl (C=S) groups is 1. The minimum Gasteiger partial charge on any atom is -0.477 e. The minimum absolute atomic E-state index is 0.112. The Labute approximate surface area is 190 Å². The number of hydrogen-bond donors (Lipinski definition) is 2. The smallest absolute Gasteiger partial charge is 0.341 e. The van der Waals surface area contributed by atoms with Crippen molar-refractivity contribution in [2.45, 2.75) is 25.9 Å². The standard InChI is InChI=1S/C19H24N6O5S2/c1-2-23-10-14(17(27)28)15(26)13-9-20-18(22-16(13)23)24-4-6-25(7-5-24)19(31)21-12-3-8-32(29,30)11-12/h9-10,12H,2-8,11H2,1H3,(H,21,31)(H,27,28)/t12-/m0/s1. The van der Waals surface area contributed by atoms with E-state index in [0.29, 0.717) is 55.9 Å². The summed E-state index contributed by atoms with van der Waals surface area (Å²) in [6.45, 7) is 4.73. The van der Waals surface area contributed by atoms with Gasteiger partial charge in [-0.1, -0.05) is 0 Å². The molecule has 0 aromatic carbocycles. The highest BCUT2D eigenvalue weighted by Gasteiger charge is 2.30. The molecule has 0 spiro atoms. The van der Waals surface area contributed by atoms with Gasteiger partial charge in [0.05, 0.1) is 16.9 Å². The molecule has 172 valence electrons. The van der Waals surface area contributed by atoms with Gasteiger partial charge in [-0.05, 0) is 25.6 Å². The van der Waals surface area contributed by atoms with Crippen molar-refractivity contribution < 1.29 is 18.3 Å². The van der Waals surface area contributed by atoms with Gasteiger partial charge >= 0.3 is 5.97 Å².